The average molecular weight is 539 g/mol. The van der Waals surface area contributed by atoms with Crippen LogP contribution in [0.5, 0.6) is 0 Å². The van der Waals surface area contributed by atoms with E-state index in [0.717, 1.165) is 18.7 Å². The van der Waals surface area contributed by atoms with E-state index in [1.54, 1.807) is 10.9 Å². The smallest absolute Gasteiger partial charge is 0.319 e. The molecule has 212 valence electrons. The normalized spacial score (nSPS) is 21.7. The zero-order valence-corrected chi connectivity index (χ0v) is 23.5. The summed E-state index contributed by atoms with van der Waals surface area (Å²) in [5.74, 6) is 0.159. The van der Waals surface area contributed by atoms with Crippen LogP contribution >= 0.6 is 0 Å². The Labute approximate surface area is 229 Å². The highest BCUT2D eigenvalue weighted by Crippen LogP contribution is 2.37. The molecule has 1 aliphatic rings. The molecule has 39 heavy (non-hydrogen) atoms. The first-order valence-corrected chi connectivity index (χ1v) is 13.6. The molecule has 1 aromatic carbocycles. The summed E-state index contributed by atoms with van der Waals surface area (Å²) in [5.41, 5.74) is 8.99. The van der Waals surface area contributed by atoms with Gasteiger partial charge in [-0.25, -0.2) is 19.7 Å². The third-order valence-electron chi connectivity index (χ3n) is 7.63. The summed E-state index contributed by atoms with van der Waals surface area (Å²) in [7, 11) is 0. The Morgan fingerprint density at radius 3 is 2.54 bits per heavy atom. The Hall–Kier alpha value is -3.28. The minimum absolute atomic E-state index is 0.0634. The molecule has 2 heterocycles. The van der Waals surface area contributed by atoms with Gasteiger partial charge in [-0.15, -0.1) is 0 Å². The third-order valence-corrected chi connectivity index (χ3v) is 7.63. The number of anilines is 2. The summed E-state index contributed by atoms with van der Waals surface area (Å²) in [4.78, 5) is 27.2. The fourth-order valence-corrected chi connectivity index (χ4v) is 5.24. The van der Waals surface area contributed by atoms with Crippen LogP contribution < -0.4 is 16.4 Å². The lowest BCUT2D eigenvalue weighted by Crippen LogP contribution is -2.41. The van der Waals surface area contributed by atoms with E-state index in [2.05, 4.69) is 65.1 Å². The van der Waals surface area contributed by atoms with Gasteiger partial charge in [-0.2, -0.15) is 0 Å². The first-order valence-electron chi connectivity index (χ1n) is 13.6. The molecular formula is C28H42N8O3. The predicted molar refractivity (Wildman–Crippen MR) is 152 cm³/mol. The standard InChI is InChI=1S/C28H42N8O3/c1-17(2)35(12-6-11-30-27(39)34-20-9-7-19(8-10-20)28(3,4)5)14-18-13-21(24(38)23(18)37)36-16-33-22-25(29)31-15-32-26(22)36/h7-10,15-18,21,23-24,37-38H,6,11-14H2,1-5H3,(H2,29,31,32)(H2,30,34,39)/t18-,21+,23+,24-/m0/s1. The van der Waals surface area contributed by atoms with Gasteiger partial charge in [0.15, 0.2) is 11.5 Å². The van der Waals surface area contributed by atoms with Crippen LogP contribution in [0.4, 0.5) is 16.3 Å². The summed E-state index contributed by atoms with van der Waals surface area (Å²) >= 11 is 0. The Kier molecular flexibility index (Phi) is 8.73. The van der Waals surface area contributed by atoms with E-state index < -0.39 is 12.2 Å². The predicted octanol–water partition coefficient (Wildman–Crippen LogP) is 2.91. The Bertz CT molecular complexity index is 1250. The third kappa shape index (κ3) is 6.66. The molecule has 11 nitrogen and oxygen atoms in total. The molecule has 4 atom stereocenters. The molecule has 1 saturated carbocycles. The van der Waals surface area contributed by atoms with Crippen LogP contribution in [0.15, 0.2) is 36.9 Å². The summed E-state index contributed by atoms with van der Waals surface area (Å²) < 4.78 is 1.79. The number of urea groups is 1. The van der Waals surface area contributed by atoms with Crippen LogP contribution in [0.25, 0.3) is 11.2 Å². The number of carbonyl (C=O) groups is 1. The van der Waals surface area contributed by atoms with Crippen molar-refractivity contribution in [3.05, 3.63) is 42.5 Å². The highest BCUT2D eigenvalue weighted by Gasteiger charge is 2.43. The second kappa shape index (κ2) is 11.8. The van der Waals surface area contributed by atoms with Crippen LogP contribution in [-0.2, 0) is 5.41 Å². The molecule has 6 N–H and O–H groups in total. The summed E-state index contributed by atoms with van der Waals surface area (Å²) in [5, 5.41) is 27.6. The molecule has 0 bridgehead atoms. The van der Waals surface area contributed by atoms with Gasteiger partial charge in [-0.1, -0.05) is 32.9 Å². The van der Waals surface area contributed by atoms with Crippen LogP contribution in [-0.4, -0.2) is 78.5 Å². The number of nitrogens with one attached hydrogen (secondary N) is 2. The van der Waals surface area contributed by atoms with Crippen molar-refractivity contribution in [2.45, 2.75) is 77.2 Å². The van der Waals surface area contributed by atoms with Crippen molar-refractivity contribution < 1.29 is 15.0 Å². The van der Waals surface area contributed by atoms with Crippen molar-refractivity contribution >= 4 is 28.7 Å². The first-order chi connectivity index (χ1) is 18.5. The number of carbonyl (C=O) groups excluding carboxylic acids is 1. The maximum absolute atomic E-state index is 12.4. The molecule has 0 spiro atoms. The molecule has 11 heteroatoms. The van der Waals surface area contributed by atoms with E-state index in [-0.39, 0.29) is 35.3 Å². The van der Waals surface area contributed by atoms with Crippen LogP contribution in [0.1, 0.15) is 59.1 Å². The largest absolute Gasteiger partial charge is 0.390 e. The number of nitrogens with zero attached hydrogens (tertiary/aromatic N) is 5. The highest BCUT2D eigenvalue weighted by atomic mass is 16.3. The molecule has 1 fully saturated rings. The molecule has 0 aliphatic heterocycles. The Balaban J connectivity index is 1.27. The maximum atomic E-state index is 12.4. The fourth-order valence-electron chi connectivity index (χ4n) is 5.24. The van der Waals surface area contributed by atoms with Gasteiger partial charge in [-0.3, -0.25) is 0 Å². The van der Waals surface area contributed by atoms with Crippen molar-refractivity contribution in [1.82, 2.24) is 29.7 Å². The second-order valence-corrected chi connectivity index (χ2v) is 11.8. The lowest BCUT2D eigenvalue weighted by Gasteiger charge is -2.30. The van der Waals surface area contributed by atoms with E-state index in [4.69, 9.17) is 5.73 Å². The van der Waals surface area contributed by atoms with Crippen molar-refractivity contribution in [1.29, 1.82) is 0 Å². The zero-order chi connectivity index (χ0) is 28.3. The number of fused-ring (bicyclic) bond motifs is 1. The number of nitrogen functional groups attached to an aromatic ring is 1. The molecule has 0 unspecified atom stereocenters. The fraction of sp³-hybridized carbons (Fsp3) is 0.571. The van der Waals surface area contributed by atoms with E-state index in [1.165, 1.54) is 11.9 Å². The second-order valence-electron chi connectivity index (χ2n) is 11.8. The lowest BCUT2D eigenvalue weighted by molar-refractivity contribution is -0.00171. The molecule has 0 saturated heterocycles. The van der Waals surface area contributed by atoms with Crippen molar-refractivity contribution in [2.75, 3.05) is 30.7 Å². The number of rotatable bonds is 9. The van der Waals surface area contributed by atoms with Gasteiger partial charge in [-0.05, 0) is 49.8 Å². The first kappa shape index (κ1) is 28.7. The van der Waals surface area contributed by atoms with Gasteiger partial charge in [0, 0.05) is 37.3 Å². The van der Waals surface area contributed by atoms with E-state index in [0.29, 0.717) is 30.7 Å². The van der Waals surface area contributed by atoms with E-state index >= 15 is 0 Å². The van der Waals surface area contributed by atoms with E-state index in [9.17, 15) is 15.0 Å². The number of benzene rings is 1. The van der Waals surface area contributed by atoms with Crippen molar-refractivity contribution in [3.8, 4) is 0 Å². The molecule has 2 aromatic heterocycles. The molecule has 2 amide bonds. The lowest BCUT2D eigenvalue weighted by atomic mass is 9.87. The number of imidazole rings is 1. The topological polar surface area (TPSA) is 154 Å². The van der Waals surface area contributed by atoms with E-state index in [1.807, 2.05) is 24.3 Å². The highest BCUT2D eigenvalue weighted by molar-refractivity contribution is 5.89. The van der Waals surface area contributed by atoms with Gasteiger partial charge < -0.3 is 36.0 Å². The Morgan fingerprint density at radius 1 is 1.15 bits per heavy atom. The number of hydrogen-bond acceptors (Lipinski definition) is 8. The SMILES string of the molecule is CC(C)N(CCCNC(=O)Nc1ccc(C(C)(C)C)cc1)C[C@@H]1C[C@@H](n2cnc3c(N)ncnc32)[C@H](O)[C@@H]1O. The summed E-state index contributed by atoms with van der Waals surface area (Å²) in [6.45, 7) is 12.6. The van der Waals surface area contributed by atoms with Crippen LogP contribution in [0.2, 0.25) is 0 Å². The van der Waals surface area contributed by atoms with Gasteiger partial charge in [0.05, 0.1) is 18.5 Å². The van der Waals surface area contributed by atoms with Crippen molar-refractivity contribution in [3.63, 3.8) is 0 Å². The minimum atomic E-state index is -0.944. The molecule has 3 aromatic rings. The van der Waals surface area contributed by atoms with Crippen LogP contribution in [0, 0.1) is 5.92 Å². The summed E-state index contributed by atoms with van der Waals surface area (Å²) in [6.07, 6.45) is 2.50. The maximum Gasteiger partial charge on any atom is 0.319 e. The zero-order valence-electron chi connectivity index (χ0n) is 23.5. The molecule has 1 aliphatic carbocycles. The van der Waals surface area contributed by atoms with Crippen LogP contribution in [0.3, 0.4) is 0 Å². The minimum Gasteiger partial charge on any atom is -0.390 e. The number of hydrogen-bond donors (Lipinski definition) is 5. The van der Waals surface area contributed by atoms with Gasteiger partial charge in [0.2, 0.25) is 0 Å². The van der Waals surface area contributed by atoms with Gasteiger partial charge >= 0.3 is 6.03 Å². The Morgan fingerprint density at radius 2 is 1.87 bits per heavy atom. The molecule has 4 rings (SSSR count). The van der Waals surface area contributed by atoms with Gasteiger partial charge in [0.25, 0.3) is 0 Å². The van der Waals surface area contributed by atoms with Gasteiger partial charge in [0.1, 0.15) is 17.9 Å². The number of amides is 2. The average Bonchev–Trinajstić information content (AvgIpc) is 3.42. The number of nitrogens with two attached hydrogens (primary N) is 1. The van der Waals surface area contributed by atoms with Crippen molar-refractivity contribution in [2.24, 2.45) is 5.92 Å². The monoisotopic (exact) mass is 538 g/mol. The number of aromatic nitrogens is 4. The number of aliphatic hydroxyl groups excluding tert-OH is 2. The molecular weight excluding hydrogens is 496 g/mol. The molecule has 0 radical (unpaired) electrons. The summed E-state index contributed by atoms with van der Waals surface area (Å²) in [6, 6.07) is 7.56. The number of aliphatic hydroxyl groups is 2. The quantitative estimate of drug-likeness (QED) is 0.261.